The highest BCUT2D eigenvalue weighted by molar-refractivity contribution is 5.65. The molecule has 4 heteroatoms. The Bertz CT molecular complexity index is 185. The smallest absolute Gasteiger partial charge is 0.407 e. The van der Waals surface area contributed by atoms with Crippen molar-refractivity contribution in [3.05, 3.63) is 24.5 Å². The van der Waals surface area contributed by atoms with E-state index in [9.17, 15) is 4.79 Å². The van der Waals surface area contributed by atoms with Gasteiger partial charge in [-0.1, -0.05) is 6.08 Å². The van der Waals surface area contributed by atoms with Gasteiger partial charge < -0.3 is 9.84 Å². The van der Waals surface area contributed by atoms with Crippen LogP contribution in [0.3, 0.4) is 0 Å². The number of hydrogen-bond donors (Lipinski definition) is 2. The SMILES string of the molecule is O=C(O)NC1C=CC=CO1. The summed E-state index contributed by atoms with van der Waals surface area (Å²) < 4.78 is 4.83. The lowest BCUT2D eigenvalue weighted by Gasteiger charge is -2.13. The van der Waals surface area contributed by atoms with Crippen molar-refractivity contribution in [2.45, 2.75) is 6.23 Å². The number of hydrogen-bond acceptors (Lipinski definition) is 2. The molecule has 1 aliphatic rings. The van der Waals surface area contributed by atoms with Crippen molar-refractivity contribution in [1.29, 1.82) is 0 Å². The molecule has 2 N–H and O–H groups in total. The predicted octanol–water partition coefficient (Wildman–Crippen LogP) is 0.680. The number of amides is 1. The fraction of sp³-hybridized carbons (Fsp3) is 0.167. The quantitative estimate of drug-likeness (QED) is 0.564. The van der Waals surface area contributed by atoms with E-state index in [4.69, 9.17) is 9.84 Å². The molecule has 1 amide bonds. The average Bonchev–Trinajstić information content (AvgIpc) is 1.88. The van der Waals surface area contributed by atoms with Crippen LogP contribution in [0, 0.1) is 0 Å². The van der Waals surface area contributed by atoms with E-state index in [0.717, 1.165) is 0 Å². The highest BCUT2D eigenvalue weighted by Gasteiger charge is 2.06. The van der Waals surface area contributed by atoms with Crippen molar-refractivity contribution in [2.75, 3.05) is 0 Å². The summed E-state index contributed by atoms with van der Waals surface area (Å²) in [5.74, 6) is 0. The van der Waals surface area contributed by atoms with E-state index in [1.54, 1.807) is 18.2 Å². The first kappa shape index (κ1) is 6.67. The van der Waals surface area contributed by atoms with Crippen molar-refractivity contribution < 1.29 is 14.6 Å². The fourth-order valence-corrected chi connectivity index (χ4v) is 0.590. The van der Waals surface area contributed by atoms with E-state index in [1.807, 2.05) is 0 Å². The second-order valence-corrected chi connectivity index (χ2v) is 1.72. The van der Waals surface area contributed by atoms with E-state index in [2.05, 4.69) is 5.32 Å². The summed E-state index contributed by atoms with van der Waals surface area (Å²) in [6, 6.07) is 0. The van der Waals surface area contributed by atoms with Crippen molar-refractivity contribution in [2.24, 2.45) is 0 Å². The number of allylic oxidation sites excluding steroid dienone is 2. The molecule has 0 saturated heterocycles. The van der Waals surface area contributed by atoms with Gasteiger partial charge in [-0.15, -0.1) is 0 Å². The van der Waals surface area contributed by atoms with Crippen LogP contribution >= 0.6 is 0 Å². The van der Waals surface area contributed by atoms with Gasteiger partial charge in [-0.05, 0) is 12.2 Å². The van der Waals surface area contributed by atoms with Gasteiger partial charge in [-0.25, -0.2) is 4.79 Å². The van der Waals surface area contributed by atoms with Crippen LogP contribution < -0.4 is 5.32 Å². The average molecular weight is 141 g/mol. The summed E-state index contributed by atoms with van der Waals surface area (Å²) in [4.78, 5) is 10.0. The monoisotopic (exact) mass is 141 g/mol. The van der Waals surface area contributed by atoms with E-state index < -0.39 is 12.3 Å². The Kier molecular flexibility index (Phi) is 1.94. The second-order valence-electron chi connectivity index (χ2n) is 1.72. The van der Waals surface area contributed by atoms with E-state index >= 15 is 0 Å². The van der Waals surface area contributed by atoms with Crippen LogP contribution in [0.5, 0.6) is 0 Å². The minimum absolute atomic E-state index is 0.539. The van der Waals surface area contributed by atoms with Crippen molar-refractivity contribution in [3.8, 4) is 0 Å². The molecule has 0 bridgehead atoms. The predicted molar refractivity (Wildman–Crippen MR) is 34.3 cm³/mol. The Morgan fingerprint density at radius 1 is 1.60 bits per heavy atom. The number of ether oxygens (including phenoxy) is 1. The van der Waals surface area contributed by atoms with Crippen LogP contribution in [-0.4, -0.2) is 17.4 Å². The lowest BCUT2D eigenvalue weighted by atomic mass is 10.4. The van der Waals surface area contributed by atoms with Crippen LogP contribution in [0.2, 0.25) is 0 Å². The van der Waals surface area contributed by atoms with Crippen LogP contribution in [0.25, 0.3) is 0 Å². The minimum atomic E-state index is -1.09. The molecule has 0 saturated carbocycles. The van der Waals surface area contributed by atoms with Crippen LogP contribution in [-0.2, 0) is 4.74 Å². The molecule has 0 radical (unpaired) electrons. The van der Waals surface area contributed by atoms with Gasteiger partial charge in [-0.3, -0.25) is 5.32 Å². The lowest BCUT2D eigenvalue weighted by molar-refractivity contribution is 0.131. The van der Waals surface area contributed by atoms with Crippen LogP contribution in [0.4, 0.5) is 4.79 Å². The van der Waals surface area contributed by atoms with Gasteiger partial charge in [0.2, 0.25) is 0 Å². The van der Waals surface area contributed by atoms with Gasteiger partial charge in [0, 0.05) is 0 Å². The van der Waals surface area contributed by atoms with E-state index in [0.29, 0.717) is 0 Å². The van der Waals surface area contributed by atoms with Crippen molar-refractivity contribution in [1.82, 2.24) is 5.32 Å². The zero-order valence-electron chi connectivity index (χ0n) is 5.15. The molecule has 1 rings (SSSR count). The standard InChI is InChI=1S/C6H7NO3/c8-6(9)7-5-3-1-2-4-10-5/h1-5,7H,(H,8,9). The number of rotatable bonds is 1. The number of carboxylic acid groups (broad SMARTS) is 1. The van der Waals surface area contributed by atoms with Gasteiger partial charge in [0.25, 0.3) is 0 Å². The van der Waals surface area contributed by atoms with Gasteiger partial charge in [-0.2, -0.15) is 0 Å². The topological polar surface area (TPSA) is 58.6 Å². The minimum Gasteiger partial charge on any atom is -0.475 e. The van der Waals surface area contributed by atoms with Gasteiger partial charge in [0.1, 0.15) is 0 Å². The zero-order chi connectivity index (χ0) is 7.40. The lowest BCUT2D eigenvalue weighted by Crippen LogP contribution is -2.33. The fourth-order valence-electron chi connectivity index (χ4n) is 0.590. The molecular formula is C6H7NO3. The van der Waals surface area contributed by atoms with E-state index in [-0.39, 0.29) is 0 Å². The molecular weight excluding hydrogens is 134 g/mol. The molecule has 1 unspecified atom stereocenters. The van der Waals surface area contributed by atoms with Gasteiger partial charge in [0.15, 0.2) is 6.23 Å². The highest BCUT2D eigenvalue weighted by Crippen LogP contribution is 1.97. The first-order valence-corrected chi connectivity index (χ1v) is 2.77. The molecule has 54 valence electrons. The normalized spacial score (nSPS) is 21.8. The van der Waals surface area contributed by atoms with Crippen molar-refractivity contribution >= 4 is 6.09 Å². The third-order valence-corrected chi connectivity index (χ3v) is 0.966. The molecule has 0 aromatic heterocycles. The highest BCUT2D eigenvalue weighted by atomic mass is 16.5. The summed E-state index contributed by atoms with van der Waals surface area (Å²) in [5.41, 5.74) is 0. The first-order chi connectivity index (χ1) is 4.79. The molecule has 0 aromatic carbocycles. The molecule has 0 spiro atoms. The molecule has 4 nitrogen and oxygen atoms in total. The summed E-state index contributed by atoms with van der Waals surface area (Å²) in [6.07, 6.45) is 4.80. The summed E-state index contributed by atoms with van der Waals surface area (Å²) >= 11 is 0. The summed E-state index contributed by atoms with van der Waals surface area (Å²) in [7, 11) is 0. The molecule has 10 heavy (non-hydrogen) atoms. The Hall–Kier alpha value is -1.45. The van der Waals surface area contributed by atoms with Crippen molar-refractivity contribution in [3.63, 3.8) is 0 Å². The largest absolute Gasteiger partial charge is 0.475 e. The third-order valence-electron chi connectivity index (χ3n) is 0.966. The van der Waals surface area contributed by atoms with Gasteiger partial charge in [0.05, 0.1) is 6.26 Å². The van der Waals surface area contributed by atoms with E-state index in [1.165, 1.54) is 6.26 Å². The maximum Gasteiger partial charge on any atom is 0.407 e. The molecule has 1 heterocycles. The maximum atomic E-state index is 10.0. The number of nitrogens with one attached hydrogen (secondary N) is 1. The molecule has 0 fully saturated rings. The Balaban J connectivity index is 2.37. The van der Waals surface area contributed by atoms with Crippen LogP contribution in [0.1, 0.15) is 0 Å². The Morgan fingerprint density at radius 2 is 2.40 bits per heavy atom. The molecule has 1 aliphatic heterocycles. The van der Waals surface area contributed by atoms with Crippen LogP contribution in [0.15, 0.2) is 24.5 Å². The molecule has 1 atom stereocenters. The molecule has 0 aliphatic carbocycles. The second kappa shape index (κ2) is 2.91. The first-order valence-electron chi connectivity index (χ1n) is 2.77. The summed E-state index contributed by atoms with van der Waals surface area (Å²) in [6.45, 7) is 0. The number of carbonyl (C=O) groups is 1. The molecule has 0 aromatic rings. The summed E-state index contributed by atoms with van der Waals surface area (Å²) in [5, 5.41) is 10.4. The maximum absolute atomic E-state index is 10.0. The zero-order valence-corrected chi connectivity index (χ0v) is 5.15. The van der Waals surface area contributed by atoms with Gasteiger partial charge >= 0.3 is 6.09 Å². The Morgan fingerprint density at radius 3 is 2.90 bits per heavy atom. The third kappa shape index (κ3) is 1.81. The Labute approximate surface area is 57.8 Å².